The second kappa shape index (κ2) is 9.50. The lowest BCUT2D eigenvalue weighted by Crippen LogP contribution is -2.43. The minimum Gasteiger partial charge on any atom is -0.444 e. The highest BCUT2D eigenvalue weighted by molar-refractivity contribution is 5.68. The van der Waals surface area contributed by atoms with Crippen LogP contribution < -0.4 is 5.32 Å². The predicted octanol–water partition coefficient (Wildman–Crippen LogP) is 3.73. The maximum Gasteiger partial charge on any atom is 0.407 e. The van der Waals surface area contributed by atoms with Gasteiger partial charge in [-0.15, -0.1) is 0 Å². The number of fused-ring (bicyclic) bond motifs is 1. The molecule has 7 nitrogen and oxygen atoms in total. The Balaban J connectivity index is 1.63. The van der Waals surface area contributed by atoms with Crippen LogP contribution in [0, 0.1) is 11.8 Å². The van der Waals surface area contributed by atoms with E-state index in [-0.39, 0.29) is 30.1 Å². The minimum atomic E-state index is -0.701. The molecule has 1 aliphatic carbocycles. The molecule has 3 aliphatic rings. The summed E-state index contributed by atoms with van der Waals surface area (Å²) in [7, 11) is 0. The van der Waals surface area contributed by atoms with E-state index in [1.165, 1.54) is 12.8 Å². The Morgan fingerprint density at radius 1 is 1.17 bits per heavy atom. The van der Waals surface area contributed by atoms with E-state index in [0.29, 0.717) is 26.1 Å². The van der Waals surface area contributed by atoms with Crippen LogP contribution in [-0.2, 0) is 18.9 Å². The molecule has 0 aromatic rings. The van der Waals surface area contributed by atoms with Crippen molar-refractivity contribution in [2.24, 2.45) is 11.8 Å². The third-order valence-corrected chi connectivity index (χ3v) is 6.37. The molecule has 1 amide bonds. The second-order valence-electron chi connectivity index (χ2n) is 9.78. The molecule has 0 spiro atoms. The highest BCUT2D eigenvalue weighted by Gasteiger charge is 2.50. The van der Waals surface area contributed by atoms with Gasteiger partial charge in [0.15, 0.2) is 12.1 Å². The molecule has 2 saturated heterocycles. The fourth-order valence-corrected chi connectivity index (χ4v) is 5.13. The van der Waals surface area contributed by atoms with Gasteiger partial charge >= 0.3 is 6.09 Å². The maximum atomic E-state index is 12.4. The Kier molecular flexibility index (Phi) is 7.46. The van der Waals surface area contributed by atoms with Crippen molar-refractivity contribution in [3.63, 3.8) is 0 Å². The van der Waals surface area contributed by atoms with E-state index in [4.69, 9.17) is 18.9 Å². The summed E-state index contributed by atoms with van der Waals surface area (Å²) in [5, 5.41) is 13.0. The summed E-state index contributed by atoms with van der Waals surface area (Å²) in [6.07, 6.45) is 6.22. The molecule has 0 radical (unpaired) electrons. The van der Waals surface area contributed by atoms with E-state index in [0.717, 1.165) is 25.7 Å². The first kappa shape index (κ1) is 22.8. The van der Waals surface area contributed by atoms with Gasteiger partial charge in [-0.3, -0.25) is 0 Å². The van der Waals surface area contributed by atoms with Gasteiger partial charge in [-0.1, -0.05) is 19.8 Å². The van der Waals surface area contributed by atoms with Crippen LogP contribution in [0.3, 0.4) is 0 Å². The molecule has 29 heavy (non-hydrogen) atoms. The first-order valence-corrected chi connectivity index (χ1v) is 11.3. The van der Waals surface area contributed by atoms with Gasteiger partial charge in [0, 0.05) is 25.3 Å². The van der Waals surface area contributed by atoms with E-state index >= 15 is 0 Å². The Labute approximate surface area is 174 Å². The average molecular weight is 414 g/mol. The third kappa shape index (κ3) is 6.06. The number of carbonyl (C=O) groups is 1. The number of hydrogen-bond donors (Lipinski definition) is 2. The molecule has 0 aromatic carbocycles. The van der Waals surface area contributed by atoms with E-state index in [1.807, 2.05) is 20.8 Å². The predicted molar refractivity (Wildman–Crippen MR) is 108 cm³/mol. The van der Waals surface area contributed by atoms with Crippen molar-refractivity contribution < 1.29 is 28.8 Å². The Bertz CT molecular complexity index is 542. The zero-order valence-corrected chi connectivity index (χ0v) is 18.4. The van der Waals surface area contributed by atoms with Gasteiger partial charge in [-0.2, -0.15) is 0 Å². The molecule has 168 valence electrons. The Morgan fingerprint density at radius 3 is 2.55 bits per heavy atom. The zero-order chi connectivity index (χ0) is 21.1. The number of rotatable bonds is 8. The molecule has 2 heterocycles. The van der Waals surface area contributed by atoms with Gasteiger partial charge in [0.25, 0.3) is 0 Å². The number of carbonyl (C=O) groups excluding carboxylic acids is 1. The fraction of sp³-hybridized carbons (Fsp3) is 0.955. The quantitative estimate of drug-likeness (QED) is 0.590. The first-order chi connectivity index (χ1) is 13.7. The van der Waals surface area contributed by atoms with Crippen molar-refractivity contribution in [2.45, 2.75) is 109 Å². The van der Waals surface area contributed by atoms with Crippen molar-refractivity contribution in [1.82, 2.24) is 5.32 Å². The summed E-state index contributed by atoms with van der Waals surface area (Å²) in [4.78, 5) is 12.4. The largest absolute Gasteiger partial charge is 0.444 e. The normalized spacial score (nSPS) is 33.6. The number of unbranched alkanes of at least 4 members (excludes halogenated alkanes) is 2. The number of alkyl carbamates (subject to hydrolysis) is 1. The highest BCUT2D eigenvalue weighted by atomic mass is 16.7. The zero-order valence-electron chi connectivity index (χ0n) is 18.4. The van der Waals surface area contributed by atoms with Crippen molar-refractivity contribution in [1.29, 1.82) is 0 Å². The standard InChI is InChI=1S/C22H39NO6/c1-5-6-7-9-22(26-11-12-27-22)10-8-15-16-13-19(24)28-18(16)14-17(15)23-20(25)29-21(2,3)4/h15-19,24H,5-14H2,1-4H3,(H,23,25)/t15-,16?,17-,18+,19?/m1/s1. The van der Waals surface area contributed by atoms with E-state index in [1.54, 1.807) is 0 Å². The van der Waals surface area contributed by atoms with Crippen molar-refractivity contribution >= 4 is 6.09 Å². The molecule has 0 bridgehead atoms. The molecule has 7 heteroatoms. The van der Waals surface area contributed by atoms with Crippen LogP contribution in [0.4, 0.5) is 4.79 Å². The molecular formula is C22H39NO6. The minimum absolute atomic E-state index is 0.0172. The van der Waals surface area contributed by atoms with Gasteiger partial charge < -0.3 is 29.4 Å². The molecule has 3 rings (SSSR count). The summed E-state index contributed by atoms with van der Waals surface area (Å²) in [5.74, 6) is -0.0542. The summed E-state index contributed by atoms with van der Waals surface area (Å²) in [5.41, 5.74) is -0.532. The molecule has 2 unspecified atom stereocenters. The number of amides is 1. The fourth-order valence-electron chi connectivity index (χ4n) is 5.13. The SMILES string of the molecule is CCCCCC1(CC[C@@H]2C3CC(O)O[C@H]3C[C@H]2NC(=O)OC(C)(C)C)OCCO1. The number of aliphatic hydroxyl groups excluding tert-OH is 1. The maximum absolute atomic E-state index is 12.4. The van der Waals surface area contributed by atoms with Crippen LogP contribution in [0.5, 0.6) is 0 Å². The van der Waals surface area contributed by atoms with Crippen LogP contribution in [0.15, 0.2) is 0 Å². The number of aliphatic hydroxyl groups is 1. The summed E-state index contributed by atoms with van der Waals surface area (Å²) in [6.45, 7) is 9.07. The van der Waals surface area contributed by atoms with E-state index < -0.39 is 17.7 Å². The summed E-state index contributed by atoms with van der Waals surface area (Å²) < 4.78 is 23.3. The summed E-state index contributed by atoms with van der Waals surface area (Å²) >= 11 is 0. The third-order valence-electron chi connectivity index (χ3n) is 6.37. The van der Waals surface area contributed by atoms with Gasteiger partial charge in [-0.25, -0.2) is 4.79 Å². The lowest BCUT2D eigenvalue weighted by atomic mass is 9.85. The van der Waals surface area contributed by atoms with Crippen LogP contribution in [0.2, 0.25) is 0 Å². The van der Waals surface area contributed by atoms with Gasteiger partial charge in [-0.05, 0) is 51.9 Å². The topological polar surface area (TPSA) is 86.3 Å². The van der Waals surface area contributed by atoms with Gasteiger partial charge in [0.2, 0.25) is 0 Å². The smallest absolute Gasteiger partial charge is 0.407 e. The van der Waals surface area contributed by atoms with Gasteiger partial charge in [0.05, 0.1) is 19.3 Å². The van der Waals surface area contributed by atoms with Crippen molar-refractivity contribution in [3.05, 3.63) is 0 Å². The van der Waals surface area contributed by atoms with E-state index in [2.05, 4.69) is 12.2 Å². The van der Waals surface area contributed by atoms with E-state index in [9.17, 15) is 9.90 Å². The summed E-state index contributed by atoms with van der Waals surface area (Å²) in [6, 6.07) is -0.0264. The van der Waals surface area contributed by atoms with Gasteiger partial charge in [0.1, 0.15) is 5.60 Å². The molecule has 2 N–H and O–H groups in total. The van der Waals surface area contributed by atoms with Crippen molar-refractivity contribution in [3.8, 4) is 0 Å². The first-order valence-electron chi connectivity index (χ1n) is 11.3. The molecular weight excluding hydrogens is 374 g/mol. The van der Waals surface area contributed by atoms with Crippen LogP contribution >= 0.6 is 0 Å². The second-order valence-corrected chi connectivity index (χ2v) is 9.78. The molecule has 3 fully saturated rings. The molecule has 0 aromatic heterocycles. The number of ether oxygens (including phenoxy) is 4. The lowest BCUT2D eigenvalue weighted by molar-refractivity contribution is -0.170. The number of nitrogens with one attached hydrogen (secondary N) is 1. The van der Waals surface area contributed by atoms with Crippen LogP contribution in [-0.4, -0.2) is 54.2 Å². The molecule has 2 aliphatic heterocycles. The average Bonchev–Trinajstić information content (AvgIpc) is 3.27. The highest BCUT2D eigenvalue weighted by Crippen LogP contribution is 2.46. The lowest BCUT2D eigenvalue weighted by Gasteiger charge is -2.32. The van der Waals surface area contributed by atoms with Crippen LogP contribution in [0.25, 0.3) is 0 Å². The number of hydrogen-bond acceptors (Lipinski definition) is 6. The molecule has 5 atom stereocenters. The Morgan fingerprint density at radius 2 is 1.90 bits per heavy atom. The Hall–Kier alpha value is -0.890. The molecule has 1 saturated carbocycles. The van der Waals surface area contributed by atoms with Crippen molar-refractivity contribution in [2.75, 3.05) is 13.2 Å². The monoisotopic (exact) mass is 413 g/mol. The van der Waals surface area contributed by atoms with Crippen LogP contribution in [0.1, 0.15) is 79.1 Å².